The van der Waals surface area contributed by atoms with Crippen molar-refractivity contribution in [3.63, 3.8) is 0 Å². The summed E-state index contributed by atoms with van der Waals surface area (Å²) in [6, 6.07) is 25.0. The summed E-state index contributed by atoms with van der Waals surface area (Å²) < 4.78 is 16.4. The molecular formula is C30H30O7. The molecule has 37 heavy (non-hydrogen) atoms. The van der Waals surface area contributed by atoms with E-state index in [4.69, 9.17) is 14.2 Å². The van der Waals surface area contributed by atoms with Gasteiger partial charge in [-0.3, -0.25) is 14.4 Å². The van der Waals surface area contributed by atoms with E-state index in [9.17, 15) is 19.5 Å². The predicted molar refractivity (Wildman–Crippen MR) is 135 cm³/mol. The molecule has 0 aromatic heterocycles. The summed E-state index contributed by atoms with van der Waals surface area (Å²) in [5, 5.41) is 11.3. The van der Waals surface area contributed by atoms with Crippen molar-refractivity contribution in [3.05, 3.63) is 102 Å². The maximum atomic E-state index is 13.5. The van der Waals surface area contributed by atoms with Crippen molar-refractivity contribution >= 4 is 17.7 Å². The van der Waals surface area contributed by atoms with Gasteiger partial charge in [-0.25, -0.2) is 0 Å². The summed E-state index contributed by atoms with van der Waals surface area (Å²) in [4.78, 5) is 40.1. The normalized spacial score (nSPS) is 23.2. The average molecular weight is 503 g/mol. The van der Waals surface area contributed by atoms with Crippen molar-refractivity contribution in [3.8, 4) is 5.75 Å². The molecule has 3 aromatic rings. The molecular weight excluding hydrogens is 472 g/mol. The zero-order valence-corrected chi connectivity index (χ0v) is 20.8. The van der Waals surface area contributed by atoms with Gasteiger partial charge >= 0.3 is 11.9 Å². The first-order valence-corrected chi connectivity index (χ1v) is 12.1. The quantitative estimate of drug-likeness (QED) is 0.364. The predicted octanol–water partition coefficient (Wildman–Crippen LogP) is 4.22. The van der Waals surface area contributed by atoms with Crippen LogP contribution in [0.2, 0.25) is 0 Å². The number of ketones is 1. The molecule has 0 spiro atoms. The number of rotatable bonds is 8. The zero-order valence-electron chi connectivity index (χ0n) is 20.8. The number of hydrogen-bond acceptors (Lipinski definition) is 7. The average Bonchev–Trinajstić information content (AvgIpc) is 2.90. The van der Waals surface area contributed by atoms with E-state index in [0.29, 0.717) is 11.3 Å². The van der Waals surface area contributed by atoms with E-state index in [-0.39, 0.29) is 19.6 Å². The number of esters is 2. The lowest BCUT2D eigenvalue weighted by atomic mass is 9.61. The minimum absolute atomic E-state index is 0.00134. The summed E-state index contributed by atoms with van der Waals surface area (Å²) in [6.07, 6.45) is -0.379. The maximum Gasteiger partial charge on any atom is 0.317 e. The number of methoxy groups -OCH3 is 1. The first kappa shape index (κ1) is 26.1. The minimum Gasteiger partial charge on any atom is -0.497 e. The van der Waals surface area contributed by atoms with Gasteiger partial charge in [0.2, 0.25) is 0 Å². The molecule has 0 unspecified atom stereocenters. The Balaban J connectivity index is 1.67. The molecule has 0 amide bonds. The van der Waals surface area contributed by atoms with Crippen LogP contribution in [0.15, 0.2) is 84.9 Å². The Morgan fingerprint density at radius 2 is 1.35 bits per heavy atom. The molecule has 0 radical (unpaired) electrons. The Hall–Kier alpha value is -3.97. The Morgan fingerprint density at radius 1 is 0.838 bits per heavy atom. The topological polar surface area (TPSA) is 99.1 Å². The van der Waals surface area contributed by atoms with Crippen molar-refractivity contribution in [2.24, 2.45) is 11.8 Å². The minimum atomic E-state index is -1.73. The number of carbonyl (C=O) groups excluding carboxylic acids is 3. The third-order valence-corrected chi connectivity index (χ3v) is 6.72. The number of carbonyl (C=O) groups is 3. The summed E-state index contributed by atoms with van der Waals surface area (Å²) in [7, 11) is 1.53. The van der Waals surface area contributed by atoms with Crippen LogP contribution in [0.5, 0.6) is 5.75 Å². The van der Waals surface area contributed by atoms with Crippen LogP contribution in [-0.2, 0) is 37.1 Å². The SMILES string of the molecule is COc1ccc([C@H]2[C@@H](C(=O)OCc3ccccc3)C(=O)C[C@@](C)(O)[C@H]2C(=O)OCc2ccccc2)cc1. The third kappa shape index (κ3) is 6.06. The van der Waals surface area contributed by atoms with E-state index < -0.39 is 41.1 Å². The van der Waals surface area contributed by atoms with Crippen LogP contribution >= 0.6 is 0 Å². The van der Waals surface area contributed by atoms with Crippen LogP contribution in [0.1, 0.15) is 36.0 Å². The lowest BCUT2D eigenvalue weighted by Crippen LogP contribution is -2.55. The van der Waals surface area contributed by atoms with E-state index in [1.54, 1.807) is 24.3 Å². The van der Waals surface area contributed by atoms with Crippen LogP contribution in [0.3, 0.4) is 0 Å². The fourth-order valence-electron chi connectivity index (χ4n) is 4.88. The molecule has 1 fully saturated rings. The van der Waals surface area contributed by atoms with Gasteiger partial charge in [0, 0.05) is 12.3 Å². The molecule has 1 aliphatic carbocycles. The van der Waals surface area contributed by atoms with Crippen LogP contribution in [-0.4, -0.2) is 35.5 Å². The Kier molecular flexibility index (Phi) is 8.04. The van der Waals surface area contributed by atoms with Crippen molar-refractivity contribution in [1.82, 2.24) is 0 Å². The second kappa shape index (κ2) is 11.4. The van der Waals surface area contributed by atoms with Crippen molar-refractivity contribution in [2.75, 3.05) is 7.11 Å². The molecule has 4 rings (SSSR count). The molecule has 1 N–H and O–H groups in total. The summed E-state index contributed by atoms with van der Waals surface area (Å²) >= 11 is 0. The summed E-state index contributed by atoms with van der Waals surface area (Å²) in [5.74, 6) is -4.81. The van der Waals surface area contributed by atoms with Crippen molar-refractivity contribution in [2.45, 2.75) is 38.1 Å². The molecule has 4 atom stereocenters. The molecule has 0 bridgehead atoms. The molecule has 192 valence electrons. The number of hydrogen-bond donors (Lipinski definition) is 1. The van der Waals surface area contributed by atoms with Gasteiger partial charge in [-0.2, -0.15) is 0 Å². The molecule has 7 heteroatoms. The fourth-order valence-corrected chi connectivity index (χ4v) is 4.88. The van der Waals surface area contributed by atoms with Crippen LogP contribution in [0, 0.1) is 11.8 Å². The van der Waals surface area contributed by atoms with Gasteiger partial charge in [0.25, 0.3) is 0 Å². The smallest absolute Gasteiger partial charge is 0.317 e. The number of ether oxygens (including phenoxy) is 3. The lowest BCUT2D eigenvalue weighted by Gasteiger charge is -2.43. The number of aliphatic hydroxyl groups is 1. The lowest BCUT2D eigenvalue weighted by molar-refractivity contribution is -0.174. The molecule has 1 aliphatic rings. The Bertz CT molecular complexity index is 1220. The van der Waals surface area contributed by atoms with E-state index in [2.05, 4.69) is 0 Å². The van der Waals surface area contributed by atoms with Gasteiger partial charge in [-0.05, 0) is 35.7 Å². The summed E-state index contributed by atoms with van der Waals surface area (Å²) in [6.45, 7) is 1.42. The summed E-state index contributed by atoms with van der Waals surface area (Å²) in [5.41, 5.74) is 0.344. The highest BCUT2D eigenvalue weighted by atomic mass is 16.5. The molecule has 1 saturated carbocycles. The largest absolute Gasteiger partial charge is 0.497 e. The number of benzene rings is 3. The van der Waals surface area contributed by atoms with Gasteiger partial charge < -0.3 is 19.3 Å². The number of Topliss-reactive ketones (excluding diaryl/α,β-unsaturated/α-hetero) is 1. The van der Waals surface area contributed by atoms with Gasteiger partial charge in [-0.15, -0.1) is 0 Å². The Labute approximate surface area is 216 Å². The van der Waals surface area contributed by atoms with Crippen LogP contribution in [0.25, 0.3) is 0 Å². The second-order valence-electron chi connectivity index (χ2n) is 9.44. The van der Waals surface area contributed by atoms with E-state index in [1.807, 2.05) is 60.7 Å². The molecule has 0 aliphatic heterocycles. The van der Waals surface area contributed by atoms with Gasteiger partial charge in [0.15, 0.2) is 5.78 Å². The van der Waals surface area contributed by atoms with Crippen LogP contribution < -0.4 is 4.74 Å². The van der Waals surface area contributed by atoms with Crippen molar-refractivity contribution < 1.29 is 33.7 Å². The molecule has 3 aromatic carbocycles. The fraction of sp³-hybridized carbons (Fsp3) is 0.300. The monoisotopic (exact) mass is 502 g/mol. The Morgan fingerprint density at radius 3 is 1.86 bits per heavy atom. The highest BCUT2D eigenvalue weighted by Crippen LogP contribution is 2.47. The molecule has 0 saturated heterocycles. The van der Waals surface area contributed by atoms with E-state index in [0.717, 1.165) is 11.1 Å². The third-order valence-electron chi connectivity index (χ3n) is 6.72. The van der Waals surface area contributed by atoms with Gasteiger partial charge in [0.1, 0.15) is 24.9 Å². The molecule has 7 nitrogen and oxygen atoms in total. The van der Waals surface area contributed by atoms with Crippen LogP contribution in [0.4, 0.5) is 0 Å². The highest BCUT2D eigenvalue weighted by molar-refractivity contribution is 6.02. The van der Waals surface area contributed by atoms with E-state index in [1.165, 1.54) is 14.0 Å². The van der Waals surface area contributed by atoms with E-state index >= 15 is 0 Å². The second-order valence-corrected chi connectivity index (χ2v) is 9.44. The molecule has 0 heterocycles. The van der Waals surface area contributed by atoms with Gasteiger partial charge in [-0.1, -0.05) is 72.8 Å². The first-order chi connectivity index (χ1) is 17.8. The zero-order chi connectivity index (χ0) is 26.4. The van der Waals surface area contributed by atoms with Crippen molar-refractivity contribution in [1.29, 1.82) is 0 Å². The van der Waals surface area contributed by atoms with Gasteiger partial charge in [0.05, 0.1) is 18.6 Å². The maximum absolute atomic E-state index is 13.5. The first-order valence-electron chi connectivity index (χ1n) is 12.1. The standard InChI is InChI=1S/C30H30O7/c1-30(34)17-24(31)26(28(32)36-18-20-9-5-3-6-10-20)25(22-13-15-23(35-2)16-14-22)27(30)29(33)37-19-21-11-7-4-8-12-21/h3-16,25-27,34H,17-19H2,1-2H3/t25-,26-,27+,30+/m0/s1. The highest BCUT2D eigenvalue weighted by Gasteiger charge is 2.57.